The van der Waals surface area contributed by atoms with E-state index in [-0.39, 0.29) is 5.69 Å². The Morgan fingerprint density at radius 1 is 1.19 bits per heavy atom. The summed E-state index contributed by atoms with van der Waals surface area (Å²) < 4.78 is 13.6. The Bertz CT molecular complexity index is 883. The predicted molar refractivity (Wildman–Crippen MR) is 109 cm³/mol. The van der Waals surface area contributed by atoms with Gasteiger partial charge in [0.2, 0.25) is 0 Å². The summed E-state index contributed by atoms with van der Waals surface area (Å²) in [5, 5.41) is 6.55. The van der Waals surface area contributed by atoms with E-state index in [0.29, 0.717) is 22.7 Å². The number of allylic oxidation sites excluding steroid dienone is 1. The van der Waals surface area contributed by atoms with Gasteiger partial charge in [0.05, 0.1) is 11.4 Å². The molecule has 0 saturated heterocycles. The summed E-state index contributed by atoms with van der Waals surface area (Å²) in [6.07, 6.45) is 1.16. The van der Waals surface area contributed by atoms with Crippen LogP contribution < -0.4 is 16.4 Å². The molecule has 0 spiro atoms. The van der Waals surface area contributed by atoms with Crippen LogP contribution in [-0.2, 0) is 0 Å². The topological polar surface area (TPSA) is 50.1 Å². The molecular weight excluding hydrogens is 325 g/mol. The molecule has 4 heteroatoms. The first-order chi connectivity index (χ1) is 12.2. The number of nitrogens with one attached hydrogen (secondary N) is 2. The van der Waals surface area contributed by atoms with Crippen molar-refractivity contribution < 1.29 is 4.39 Å². The minimum atomic E-state index is -0.446. The Morgan fingerprint density at radius 2 is 1.88 bits per heavy atom. The summed E-state index contributed by atoms with van der Waals surface area (Å²) in [6, 6.07) is 10.8. The van der Waals surface area contributed by atoms with Gasteiger partial charge in [0.15, 0.2) is 0 Å². The smallest absolute Gasteiger partial charge is 0.148 e. The van der Waals surface area contributed by atoms with Gasteiger partial charge >= 0.3 is 0 Å². The van der Waals surface area contributed by atoms with Crippen LogP contribution in [0.5, 0.6) is 0 Å². The summed E-state index contributed by atoms with van der Waals surface area (Å²) in [5.74, 6) is 0.0546. The summed E-state index contributed by atoms with van der Waals surface area (Å²) in [7, 11) is 0. The third kappa shape index (κ3) is 3.59. The van der Waals surface area contributed by atoms with Gasteiger partial charge in [-0.05, 0) is 48.6 Å². The van der Waals surface area contributed by atoms with Crippen molar-refractivity contribution in [2.24, 2.45) is 11.3 Å². The zero-order valence-corrected chi connectivity index (χ0v) is 15.6. The predicted octanol–water partition coefficient (Wildman–Crippen LogP) is 5.77. The number of para-hydroxylation sites is 1. The average molecular weight is 351 g/mol. The molecule has 3 nitrogen and oxygen atoms in total. The Kier molecular flexibility index (Phi) is 4.53. The first kappa shape index (κ1) is 18.1. The van der Waals surface area contributed by atoms with Crippen LogP contribution in [0, 0.1) is 24.1 Å². The first-order valence-corrected chi connectivity index (χ1v) is 8.76. The van der Waals surface area contributed by atoms with Crippen LogP contribution in [0.2, 0.25) is 0 Å². The van der Waals surface area contributed by atoms with E-state index in [2.05, 4.69) is 37.6 Å². The lowest BCUT2D eigenvalue weighted by atomic mass is 10.0. The van der Waals surface area contributed by atoms with Crippen molar-refractivity contribution in [3.05, 3.63) is 72.2 Å². The molecule has 0 radical (unpaired) electrons. The molecule has 0 aromatic heterocycles. The number of anilines is 3. The molecule has 0 bridgehead atoms. The second-order valence-corrected chi connectivity index (χ2v) is 7.73. The molecule has 3 rings (SSSR count). The Labute approximate surface area is 154 Å². The number of nitrogens with two attached hydrogens (primary N) is 1. The standard InChI is InChI=1S/C22H26FN3/c1-13-9-10-16(25-15(3)18-12-22(18,4)5)11-17(13)14(2)26-20-8-6-7-19(23)21(20)24/h6-11,18,25-26H,2-3,12,24H2,1,4-5H3. The van der Waals surface area contributed by atoms with E-state index in [1.807, 2.05) is 25.1 Å². The Hall–Kier alpha value is -2.75. The third-order valence-corrected chi connectivity index (χ3v) is 5.14. The minimum absolute atomic E-state index is 0.0879. The van der Waals surface area contributed by atoms with E-state index < -0.39 is 5.82 Å². The van der Waals surface area contributed by atoms with Gasteiger partial charge in [-0.2, -0.15) is 0 Å². The molecule has 26 heavy (non-hydrogen) atoms. The maximum absolute atomic E-state index is 13.6. The van der Waals surface area contributed by atoms with Crippen LogP contribution in [0.4, 0.5) is 21.5 Å². The number of benzene rings is 2. The highest BCUT2D eigenvalue weighted by atomic mass is 19.1. The van der Waals surface area contributed by atoms with Crippen molar-refractivity contribution in [1.82, 2.24) is 0 Å². The van der Waals surface area contributed by atoms with Crippen LogP contribution in [0.3, 0.4) is 0 Å². The van der Waals surface area contributed by atoms with Gasteiger partial charge in [0.25, 0.3) is 0 Å². The molecule has 4 N–H and O–H groups in total. The number of hydrogen-bond acceptors (Lipinski definition) is 3. The average Bonchev–Trinajstić information content (AvgIpc) is 3.22. The molecule has 1 fully saturated rings. The summed E-state index contributed by atoms with van der Waals surface area (Å²) in [5.41, 5.74) is 11.4. The summed E-state index contributed by atoms with van der Waals surface area (Å²) in [6.45, 7) is 14.8. The number of halogens is 1. The lowest BCUT2D eigenvalue weighted by Gasteiger charge is -2.17. The molecular formula is C22H26FN3. The molecule has 136 valence electrons. The Balaban J connectivity index is 1.78. The molecule has 0 amide bonds. The number of nitrogen functional groups attached to an aromatic ring is 1. The number of hydrogen-bond donors (Lipinski definition) is 3. The van der Waals surface area contributed by atoms with Gasteiger partial charge < -0.3 is 16.4 Å². The molecule has 2 aromatic carbocycles. The van der Waals surface area contributed by atoms with Gasteiger partial charge in [-0.25, -0.2) is 4.39 Å². The van der Waals surface area contributed by atoms with E-state index in [1.165, 1.54) is 6.07 Å². The maximum atomic E-state index is 13.6. The van der Waals surface area contributed by atoms with Crippen molar-refractivity contribution in [2.75, 3.05) is 16.4 Å². The van der Waals surface area contributed by atoms with Crippen LogP contribution in [0.15, 0.2) is 55.3 Å². The SMILES string of the molecule is C=C(Nc1cccc(F)c1N)c1cc(NC(=C)C2CC2(C)C)ccc1C. The zero-order chi connectivity index (χ0) is 19.1. The third-order valence-electron chi connectivity index (χ3n) is 5.14. The summed E-state index contributed by atoms with van der Waals surface area (Å²) in [4.78, 5) is 0. The van der Waals surface area contributed by atoms with E-state index in [1.54, 1.807) is 12.1 Å². The van der Waals surface area contributed by atoms with Crippen LogP contribution in [0.1, 0.15) is 31.4 Å². The van der Waals surface area contributed by atoms with E-state index in [4.69, 9.17) is 5.73 Å². The number of rotatable bonds is 6. The second kappa shape index (κ2) is 6.52. The van der Waals surface area contributed by atoms with E-state index >= 15 is 0 Å². The monoisotopic (exact) mass is 351 g/mol. The summed E-state index contributed by atoms with van der Waals surface area (Å²) >= 11 is 0. The van der Waals surface area contributed by atoms with Crippen LogP contribution >= 0.6 is 0 Å². The molecule has 1 aliphatic carbocycles. The highest BCUT2D eigenvalue weighted by Crippen LogP contribution is 2.55. The number of aryl methyl sites for hydroxylation is 1. The van der Waals surface area contributed by atoms with Crippen molar-refractivity contribution in [3.63, 3.8) is 0 Å². The van der Waals surface area contributed by atoms with Gasteiger partial charge in [0, 0.05) is 28.6 Å². The molecule has 0 aliphatic heterocycles. The first-order valence-electron chi connectivity index (χ1n) is 8.76. The second-order valence-electron chi connectivity index (χ2n) is 7.73. The van der Waals surface area contributed by atoms with Gasteiger partial charge in [-0.3, -0.25) is 0 Å². The fourth-order valence-corrected chi connectivity index (χ4v) is 3.24. The molecule has 0 heterocycles. The van der Waals surface area contributed by atoms with Crippen molar-refractivity contribution >= 4 is 22.8 Å². The molecule has 1 atom stereocenters. The zero-order valence-electron chi connectivity index (χ0n) is 15.6. The highest BCUT2D eigenvalue weighted by Gasteiger charge is 2.47. The molecule has 2 aromatic rings. The quantitative estimate of drug-likeness (QED) is 0.579. The highest BCUT2D eigenvalue weighted by molar-refractivity contribution is 5.83. The largest absolute Gasteiger partial charge is 0.395 e. The fourth-order valence-electron chi connectivity index (χ4n) is 3.24. The van der Waals surface area contributed by atoms with Crippen molar-refractivity contribution in [3.8, 4) is 0 Å². The van der Waals surface area contributed by atoms with E-state index in [0.717, 1.165) is 28.9 Å². The van der Waals surface area contributed by atoms with Gasteiger partial charge in [-0.1, -0.05) is 39.1 Å². The molecule has 1 unspecified atom stereocenters. The molecule has 1 aliphatic rings. The fraction of sp³-hybridized carbons (Fsp3) is 0.273. The Morgan fingerprint density at radius 3 is 2.54 bits per heavy atom. The minimum Gasteiger partial charge on any atom is -0.395 e. The van der Waals surface area contributed by atoms with Gasteiger partial charge in [-0.15, -0.1) is 0 Å². The maximum Gasteiger partial charge on any atom is 0.148 e. The molecule has 1 saturated carbocycles. The normalized spacial score (nSPS) is 17.5. The van der Waals surface area contributed by atoms with E-state index in [9.17, 15) is 4.39 Å². The lowest BCUT2D eigenvalue weighted by molar-refractivity contribution is 0.599. The van der Waals surface area contributed by atoms with Crippen LogP contribution in [-0.4, -0.2) is 0 Å². The van der Waals surface area contributed by atoms with Crippen LogP contribution in [0.25, 0.3) is 5.70 Å². The van der Waals surface area contributed by atoms with Gasteiger partial charge in [0.1, 0.15) is 5.82 Å². The lowest BCUT2D eigenvalue weighted by Crippen LogP contribution is -2.06. The van der Waals surface area contributed by atoms with Crippen molar-refractivity contribution in [1.29, 1.82) is 0 Å². The van der Waals surface area contributed by atoms with Crippen molar-refractivity contribution in [2.45, 2.75) is 27.2 Å².